The average molecular weight is 465 g/mol. The smallest absolute Gasteiger partial charge is 0.407 e. The van der Waals surface area contributed by atoms with Gasteiger partial charge in [-0.2, -0.15) is 0 Å². The summed E-state index contributed by atoms with van der Waals surface area (Å²) in [5.74, 6) is -1.80. The minimum absolute atomic E-state index is 0.0214. The van der Waals surface area contributed by atoms with Crippen LogP contribution in [0.2, 0.25) is 5.02 Å². The first-order chi connectivity index (χ1) is 15.8. The van der Waals surface area contributed by atoms with E-state index in [2.05, 4.69) is 10.6 Å². The molecular weight excluding hydrogens is 444 g/mol. The average Bonchev–Trinajstić information content (AvgIpc) is 3.12. The molecule has 1 aliphatic rings. The van der Waals surface area contributed by atoms with E-state index in [4.69, 9.17) is 21.4 Å². The number of carbonyl (C=O) groups excluding carboxylic acids is 2. The molecule has 3 N–H and O–H groups in total. The minimum Gasteiger partial charge on any atom is -0.478 e. The topological polar surface area (TPSA) is 105 Å². The van der Waals surface area contributed by atoms with Crippen LogP contribution in [0.25, 0.3) is 11.1 Å². The summed E-state index contributed by atoms with van der Waals surface area (Å²) in [4.78, 5) is 36.0. The number of alkyl carbamates (subject to hydrolysis) is 1. The summed E-state index contributed by atoms with van der Waals surface area (Å²) in [5, 5.41) is 14.3. The zero-order valence-electron chi connectivity index (χ0n) is 17.7. The molecule has 33 heavy (non-hydrogen) atoms. The van der Waals surface area contributed by atoms with Crippen molar-refractivity contribution in [3.63, 3.8) is 0 Å². The maximum absolute atomic E-state index is 12.5. The van der Waals surface area contributed by atoms with Gasteiger partial charge >= 0.3 is 12.1 Å². The Kier molecular flexibility index (Phi) is 6.33. The molecule has 0 saturated carbocycles. The van der Waals surface area contributed by atoms with Crippen molar-refractivity contribution in [3.05, 3.63) is 88.4 Å². The highest BCUT2D eigenvalue weighted by Gasteiger charge is 2.29. The van der Waals surface area contributed by atoms with Gasteiger partial charge < -0.3 is 20.5 Å². The van der Waals surface area contributed by atoms with Crippen molar-refractivity contribution >= 4 is 35.3 Å². The van der Waals surface area contributed by atoms with E-state index in [0.29, 0.717) is 0 Å². The van der Waals surface area contributed by atoms with E-state index in [-0.39, 0.29) is 28.8 Å². The lowest BCUT2D eigenvalue weighted by Crippen LogP contribution is -2.42. The van der Waals surface area contributed by atoms with Gasteiger partial charge in [0.15, 0.2) is 0 Å². The zero-order chi connectivity index (χ0) is 23.5. The van der Waals surface area contributed by atoms with Crippen LogP contribution >= 0.6 is 11.6 Å². The van der Waals surface area contributed by atoms with Gasteiger partial charge in [0, 0.05) is 5.92 Å². The number of carbonyl (C=O) groups is 3. The van der Waals surface area contributed by atoms with Crippen molar-refractivity contribution in [1.29, 1.82) is 0 Å². The Bertz CT molecular complexity index is 1200. The molecule has 0 radical (unpaired) electrons. The lowest BCUT2D eigenvalue weighted by Gasteiger charge is -2.17. The fourth-order valence-electron chi connectivity index (χ4n) is 3.88. The van der Waals surface area contributed by atoms with E-state index < -0.39 is 24.0 Å². The van der Waals surface area contributed by atoms with Crippen LogP contribution in [0, 0.1) is 0 Å². The summed E-state index contributed by atoms with van der Waals surface area (Å²) in [5.41, 5.74) is 4.54. The number of nitrogens with one attached hydrogen (secondary N) is 2. The molecule has 0 spiro atoms. The number of halogens is 1. The number of carboxylic acid groups (broad SMARTS) is 1. The summed E-state index contributed by atoms with van der Waals surface area (Å²) in [6, 6.07) is 19.0. The first-order valence-electron chi connectivity index (χ1n) is 10.3. The van der Waals surface area contributed by atoms with Crippen LogP contribution in [0.5, 0.6) is 0 Å². The van der Waals surface area contributed by atoms with Crippen molar-refractivity contribution in [3.8, 4) is 11.1 Å². The second-order valence-electron chi connectivity index (χ2n) is 7.68. The molecule has 2 amide bonds. The molecular formula is C25H21ClN2O5. The Morgan fingerprint density at radius 3 is 2.21 bits per heavy atom. The number of carboxylic acids is 1. The minimum atomic E-state index is -1.15. The molecule has 1 aliphatic carbocycles. The maximum atomic E-state index is 12.5. The molecule has 0 saturated heterocycles. The standard InChI is InChI=1S/C25H21ClN2O5/c1-14(23(29)28-22-12-15(24(30)31)10-11-21(22)26)27-25(32)33-13-20-18-8-4-2-6-16(18)17-7-3-5-9-19(17)20/h2-12,14,20H,13H2,1H3,(H,27,32)(H,28,29)(H,30,31). The first-order valence-corrected chi connectivity index (χ1v) is 10.7. The second-order valence-corrected chi connectivity index (χ2v) is 8.09. The van der Waals surface area contributed by atoms with Crippen LogP contribution in [-0.2, 0) is 9.53 Å². The quantitative estimate of drug-likeness (QED) is 0.481. The Labute approximate surface area is 195 Å². The summed E-state index contributed by atoms with van der Waals surface area (Å²) < 4.78 is 5.45. The molecule has 4 rings (SSSR count). The number of hydrogen-bond donors (Lipinski definition) is 3. The second kappa shape index (κ2) is 9.34. The van der Waals surface area contributed by atoms with Crippen LogP contribution < -0.4 is 10.6 Å². The third kappa shape index (κ3) is 4.68. The number of ether oxygens (including phenoxy) is 1. The fourth-order valence-corrected chi connectivity index (χ4v) is 4.04. The van der Waals surface area contributed by atoms with Crippen LogP contribution in [0.4, 0.5) is 10.5 Å². The molecule has 0 bridgehead atoms. The third-order valence-electron chi connectivity index (χ3n) is 5.54. The van der Waals surface area contributed by atoms with Gasteiger partial charge in [0.1, 0.15) is 12.6 Å². The van der Waals surface area contributed by atoms with E-state index in [1.54, 1.807) is 0 Å². The summed E-state index contributed by atoms with van der Waals surface area (Å²) in [6.45, 7) is 1.62. The van der Waals surface area contributed by atoms with Crippen LogP contribution in [0.15, 0.2) is 66.7 Å². The predicted octanol–water partition coefficient (Wildman–Crippen LogP) is 4.90. The Hall–Kier alpha value is -3.84. The molecule has 0 aliphatic heterocycles. The highest BCUT2D eigenvalue weighted by molar-refractivity contribution is 6.34. The highest BCUT2D eigenvalue weighted by Crippen LogP contribution is 2.44. The SMILES string of the molecule is CC(NC(=O)OCC1c2ccccc2-c2ccccc21)C(=O)Nc1cc(C(=O)O)ccc1Cl. The Balaban J connectivity index is 1.37. The zero-order valence-corrected chi connectivity index (χ0v) is 18.4. The molecule has 3 aromatic carbocycles. The molecule has 3 aromatic rings. The predicted molar refractivity (Wildman–Crippen MR) is 125 cm³/mol. The van der Waals surface area contributed by atoms with E-state index in [0.717, 1.165) is 22.3 Å². The van der Waals surface area contributed by atoms with Crippen molar-refractivity contribution in [1.82, 2.24) is 5.32 Å². The van der Waals surface area contributed by atoms with Gasteiger partial charge in [-0.1, -0.05) is 60.1 Å². The van der Waals surface area contributed by atoms with Gasteiger partial charge in [-0.3, -0.25) is 4.79 Å². The number of benzene rings is 3. The van der Waals surface area contributed by atoms with Crippen molar-refractivity contribution in [2.75, 3.05) is 11.9 Å². The highest BCUT2D eigenvalue weighted by atomic mass is 35.5. The molecule has 8 heteroatoms. The molecule has 1 atom stereocenters. The van der Waals surface area contributed by atoms with Gasteiger partial charge in [0.05, 0.1) is 16.3 Å². The van der Waals surface area contributed by atoms with Gasteiger partial charge in [-0.05, 0) is 47.4 Å². The van der Waals surface area contributed by atoms with Crippen LogP contribution in [0.1, 0.15) is 34.3 Å². The fraction of sp³-hybridized carbons (Fsp3) is 0.160. The molecule has 0 aromatic heterocycles. The number of fused-ring (bicyclic) bond motifs is 3. The summed E-state index contributed by atoms with van der Waals surface area (Å²) >= 11 is 6.04. The lowest BCUT2D eigenvalue weighted by molar-refractivity contribution is -0.117. The molecule has 0 heterocycles. The van der Waals surface area contributed by atoms with E-state index in [1.165, 1.54) is 25.1 Å². The third-order valence-corrected chi connectivity index (χ3v) is 5.87. The number of anilines is 1. The lowest BCUT2D eigenvalue weighted by atomic mass is 9.98. The van der Waals surface area contributed by atoms with Crippen LogP contribution in [-0.4, -0.2) is 35.7 Å². The Morgan fingerprint density at radius 2 is 1.61 bits per heavy atom. The normalized spacial score (nSPS) is 12.9. The monoisotopic (exact) mass is 464 g/mol. The van der Waals surface area contributed by atoms with E-state index in [1.807, 2.05) is 48.5 Å². The van der Waals surface area contributed by atoms with E-state index in [9.17, 15) is 14.4 Å². The molecule has 168 valence electrons. The van der Waals surface area contributed by atoms with Gasteiger partial charge in [0.2, 0.25) is 5.91 Å². The first kappa shape index (κ1) is 22.4. The largest absolute Gasteiger partial charge is 0.478 e. The van der Waals surface area contributed by atoms with Gasteiger partial charge in [0.25, 0.3) is 0 Å². The molecule has 1 unspecified atom stereocenters. The van der Waals surface area contributed by atoms with Gasteiger partial charge in [-0.25, -0.2) is 9.59 Å². The van der Waals surface area contributed by atoms with Crippen molar-refractivity contribution in [2.24, 2.45) is 0 Å². The van der Waals surface area contributed by atoms with Gasteiger partial charge in [-0.15, -0.1) is 0 Å². The number of aromatic carboxylic acids is 1. The molecule has 7 nitrogen and oxygen atoms in total. The Morgan fingerprint density at radius 1 is 1.00 bits per heavy atom. The number of hydrogen-bond acceptors (Lipinski definition) is 4. The maximum Gasteiger partial charge on any atom is 0.407 e. The van der Waals surface area contributed by atoms with Crippen LogP contribution in [0.3, 0.4) is 0 Å². The number of rotatable bonds is 6. The molecule has 0 fully saturated rings. The van der Waals surface area contributed by atoms with Crippen molar-refractivity contribution in [2.45, 2.75) is 18.9 Å². The number of amides is 2. The summed E-state index contributed by atoms with van der Waals surface area (Å²) in [6.07, 6.45) is -0.732. The van der Waals surface area contributed by atoms with Crippen molar-refractivity contribution < 1.29 is 24.2 Å². The van der Waals surface area contributed by atoms with E-state index >= 15 is 0 Å². The summed E-state index contributed by atoms with van der Waals surface area (Å²) in [7, 11) is 0.